The second-order valence-corrected chi connectivity index (χ2v) is 4.14. The molecule has 1 aromatic rings. The molecular weight excluding hydrogens is 242 g/mol. The van der Waals surface area contributed by atoms with E-state index < -0.39 is 17.9 Å². The molecule has 0 heterocycles. The van der Waals surface area contributed by atoms with E-state index in [1.54, 1.807) is 19.1 Å². The van der Waals surface area contributed by atoms with Gasteiger partial charge in [-0.25, -0.2) is 4.79 Å². The van der Waals surface area contributed by atoms with E-state index in [9.17, 15) is 9.59 Å². The van der Waals surface area contributed by atoms with Crippen LogP contribution in [0.1, 0.15) is 29.3 Å². The Labute approximate surface area is 105 Å². The van der Waals surface area contributed by atoms with Crippen LogP contribution in [0.3, 0.4) is 0 Å². The van der Waals surface area contributed by atoms with Gasteiger partial charge in [0, 0.05) is 10.6 Å². The van der Waals surface area contributed by atoms with E-state index >= 15 is 0 Å². The highest BCUT2D eigenvalue weighted by Gasteiger charge is 2.18. The summed E-state index contributed by atoms with van der Waals surface area (Å²) >= 11 is 5.89. The maximum atomic E-state index is 11.7. The smallest absolute Gasteiger partial charge is 0.326 e. The van der Waals surface area contributed by atoms with Crippen molar-refractivity contribution in [3.8, 4) is 0 Å². The van der Waals surface area contributed by atoms with Crippen molar-refractivity contribution in [1.82, 2.24) is 5.32 Å². The summed E-state index contributed by atoms with van der Waals surface area (Å²) in [5.74, 6) is -1.47. The molecule has 5 heteroatoms. The zero-order valence-electron chi connectivity index (χ0n) is 9.66. The van der Waals surface area contributed by atoms with E-state index in [0.717, 1.165) is 5.56 Å². The van der Waals surface area contributed by atoms with Crippen LogP contribution in [0.4, 0.5) is 0 Å². The Balaban J connectivity index is 2.82. The van der Waals surface area contributed by atoms with Crippen molar-refractivity contribution in [3.63, 3.8) is 0 Å². The fourth-order valence-electron chi connectivity index (χ4n) is 1.31. The minimum Gasteiger partial charge on any atom is -0.480 e. The molecule has 0 saturated heterocycles. The molecule has 0 aliphatic rings. The number of rotatable bonds is 4. The molecule has 0 bridgehead atoms. The Bertz CT molecular complexity index is 445. The summed E-state index contributed by atoms with van der Waals surface area (Å²) in [6.45, 7) is 3.53. The Morgan fingerprint density at radius 1 is 1.47 bits per heavy atom. The van der Waals surface area contributed by atoms with Gasteiger partial charge in [0.15, 0.2) is 0 Å². The van der Waals surface area contributed by atoms with Gasteiger partial charge < -0.3 is 10.4 Å². The van der Waals surface area contributed by atoms with Gasteiger partial charge in [-0.3, -0.25) is 4.79 Å². The molecule has 1 rings (SSSR count). The standard InChI is InChI=1S/C12H14ClNO3/c1-3-10(12(16)17)14-11(15)8-5-4-7(2)9(13)6-8/h4-6,10H,3H2,1-2H3,(H,14,15)(H,16,17). The van der Waals surface area contributed by atoms with Gasteiger partial charge >= 0.3 is 5.97 Å². The number of carboxylic acid groups (broad SMARTS) is 1. The topological polar surface area (TPSA) is 66.4 Å². The largest absolute Gasteiger partial charge is 0.480 e. The van der Waals surface area contributed by atoms with Crippen LogP contribution in [0.15, 0.2) is 18.2 Å². The molecule has 1 atom stereocenters. The summed E-state index contributed by atoms with van der Waals surface area (Å²) in [6, 6.07) is 3.99. The number of carbonyl (C=O) groups is 2. The first-order chi connectivity index (χ1) is 7.95. The first kappa shape index (κ1) is 13.5. The third-order valence-corrected chi connectivity index (χ3v) is 2.85. The van der Waals surface area contributed by atoms with E-state index in [4.69, 9.17) is 16.7 Å². The van der Waals surface area contributed by atoms with Crippen LogP contribution in [-0.2, 0) is 4.79 Å². The highest BCUT2D eigenvalue weighted by molar-refractivity contribution is 6.31. The average Bonchev–Trinajstić information content (AvgIpc) is 2.28. The molecule has 0 radical (unpaired) electrons. The van der Waals surface area contributed by atoms with Crippen molar-refractivity contribution in [2.75, 3.05) is 0 Å². The number of carbonyl (C=O) groups excluding carboxylic acids is 1. The zero-order chi connectivity index (χ0) is 13.0. The molecule has 1 amide bonds. The van der Waals surface area contributed by atoms with Crippen molar-refractivity contribution in [2.45, 2.75) is 26.3 Å². The van der Waals surface area contributed by atoms with Gasteiger partial charge in [-0.05, 0) is 31.0 Å². The van der Waals surface area contributed by atoms with E-state index in [1.807, 2.05) is 6.92 Å². The van der Waals surface area contributed by atoms with Gasteiger partial charge in [0.1, 0.15) is 6.04 Å². The first-order valence-corrected chi connectivity index (χ1v) is 5.63. The van der Waals surface area contributed by atoms with Crippen LogP contribution < -0.4 is 5.32 Å². The minimum atomic E-state index is -1.04. The molecule has 0 aromatic heterocycles. The number of hydrogen-bond donors (Lipinski definition) is 2. The SMILES string of the molecule is CCC(NC(=O)c1ccc(C)c(Cl)c1)C(=O)O. The predicted molar refractivity (Wildman–Crippen MR) is 65.4 cm³/mol. The number of hydrogen-bond acceptors (Lipinski definition) is 2. The maximum Gasteiger partial charge on any atom is 0.326 e. The molecule has 2 N–H and O–H groups in total. The van der Waals surface area contributed by atoms with Crippen molar-refractivity contribution in [1.29, 1.82) is 0 Å². The van der Waals surface area contributed by atoms with Crippen LogP contribution in [0, 0.1) is 6.92 Å². The lowest BCUT2D eigenvalue weighted by molar-refractivity contribution is -0.139. The summed E-state index contributed by atoms with van der Waals surface area (Å²) in [5.41, 5.74) is 1.23. The molecule has 4 nitrogen and oxygen atoms in total. The molecule has 0 saturated carbocycles. The maximum absolute atomic E-state index is 11.7. The van der Waals surface area contributed by atoms with Gasteiger partial charge in [0.2, 0.25) is 0 Å². The number of carboxylic acids is 1. The quantitative estimate of drug-likeness (QED) is 0.867. The fourth-order valence-corrected chi connectivity index (χ4v) is 1.49. The lowest BCUT2D eigenvalue weighted by atomic mass is 10.1. The van der Waals surface area contributed by atoms with Crippen LogP contribution >= 0.6 is 11.6 Å². The van der Waals surface area contributed by atoms with Gasteiger partial charge in [-0.15, -0.1) is 0 Å². The molecule has 92 valence electrons. The van der Waals surface area contributed by atoms with E-state index in [2.05, 4.69) is 5.32 Å². The average molecular weight is 256 g/mol. The monoisotopic (exact) mass is 255 g/mol. The minimum absolute atomic E-state index is 0.334. The van der Waals surface area contributed by atoms with Crippen molar-refractivity contribution in [2.24, 2.45) is 0 Å². The highest BCUT2D eigenvalue weighted by Crippen LogP contribution is 2.16. The second kappa shape index (κ2) is 5.68. The van der Waals surface area contributed by atoms with Crippen molar-refractivity contribution < 1.29 is 14.7 Å². The van der Waals surface area contributed by atoms with Crippen LogP contribution in [0.2, 0.25) is 5.02 Å². The van der Waals surface area contributed by atoms with Gasteiger partial charge in [-0.1, -0.05) is 24.6 Å². The number of amides is 1. The Morgan fingerprint density at radius 2 is 2.12 bits per heavy atom. The first-order valence-electron chi connectivity index (χ1n) is 5.25. The number of halogens is 1. The van der Waals surface area contributed by atoms with Gasteiger partial charge in [0.25, 0.3) is 5.91 Å². The number of nitrogens with one attached hydrogen (secondary N) is 1. The van der Waals surface area contributed by atoms with Crippen LogP contribution in [-0.4, -0.2) is 23.0 Å². The lowest BCUT2D eigenvalue weighted by Gasteiger charge is -2.12. The molecule has 0 spiro atoms. The van der Waals surface area contributed by atoms with E-state index in [-0.39, 0.29) is 0 Å². The summed E-state index contributed by atoms with van der Waals surface area (Å²) in [5, 5.41) is 11.7. The van der Waals surface area contributed by atoms with Crippen LogP contribution in [0.25, 0.3) is 0 Å². The Morgan fingerprint density at radius 3 is 2.59 bits per heavy atom. The van der Waals surface area contributed by atoms with E-state index in [0.29, 0.717) is 17.0 Å². The molecule has 17 heavy (non-hydrogen) atoms. The van der Waals surface area contributed by atoms with E-state index in [1.165, 1.54) is 6.07 Å². The predicted octanol–water partition coefficient (Wildman–Crippen LogP) is 2.24. The number of aryl methyl sites for hydroxylation is 1. The number of benzene rings is 1. The summed E-state index contributed by atoms with van der Waals surface area (Å²) in [7, 11) is 0. The molecule has 1 aromatic carbocycles. The Hall–Kier alpha value is -1.55. The normalized spacial score (nSPS) is 11.9. The summed E-state index contributed by atoms with van der Waals surface area (Å²) in [4.78, 5) is 22.5. The summed E-state index contributed by atoms with van der Waals surface area (Å²) in [6.07, 6.45) is 0.334. The second-order valence-electron chi connectivity index (χ2n) is 3.74. The summed E-state index contributed by atoms with van der Waals surface area (Å²) < 4.78 is 0. The van der Waals surface area contributed by atoms with Crippen LogP contribution in [0.5, 0.6) is 0 Å². The van der Waals surface area contributed by atoms with Gasteiger partial charge in [-0.2, -0.15) is 0 Å². The highest BCUT2D eigenvalue weighted by atomic mass is 35.5. The molecular formula is C12H14ClNO3. The molecule has 0 fully saturated rings. The van der Waals surface area contributed by atoms with Gasteiger partial charge in [0.05, 0.1) is 0 Å². The van der Waals surface area contributed by atoms with Crippen molar-refractivity contribution >= 4 is 23.5 Å². The zero-order valence-corrected chi connectivity index (χ0v) is 10.4. The van der Waals surface area contributed by atoms with Crippen molar-refractivity contribution in [3.05, 3.63) is 34.3 Å². The third kappa shape index (κ3) is 3.46. The number of aliphatic carboxylic acids is 1. The third-order valence-electron chi connectivity index (χ3n) is 2.45. The Kier molecular flexibility index (Phi) is 4.52. The molecule has 1 unspecified atom stereocenters. The molecule has 0 aliphatic heterocycles. The fraction of sp³-hybridized carbons (Fsp3) is 0.333. The lowest BCUT2D eigenvalue weighted by Crippen LogP contribution is -2.40. The molecule has 0 aliphatic carbocycles.